The third-order valence-electron chi connectivity index (χ3n) is 4.37. The number of carbonyl (C=O) groups excluding carboxylic acids is 1. The van der Waals surface area contributed by atoms with Crippen molar-refractivity contribution in [3.05, 3.63) is 59.7 Å². The van der Waals surface area contributed by atoms with Gasteiger partial charge in [-0.2, -0.15) is 0 Å². The molecule has 3 rings (SSSR count). The lowest BCUT2D eigenvalue weighted by atomic mass is 10.1. The van der Waals surface area contributed by atoms with Crippen molar-refractivity contribution >= 4 is 11.6 Å². The summed E-state index contributed by atoms with van der Waals surface area (Å²) in [5.74, 6) is 0.799. The summed E-state index contributed by atoms with van der Waals surface area (Å²) in [5, 5.41) is 3.00. The van der Waals surface area contributed by atoms with Crippen LogP contribution in [0, 0.1) is 0 Å². The first kappa shape index (κ1) is 16.4. The fourth-order valence-electron chi connectivity index (χ4n) is 3.07. The van der Waals surface area contributed by atoms with Gasteiger partial charge in [-0.05, 0) is 48.2 Å². The molecule has 1 N–H and O–H groups in total. The van der Waals surface area contributed by atoms with Gasteiger partial charge >= 0.3 is 0 Å². The normalized spacial score (nSPS) is 13.8. The zero-order chi connectivity index (χ0) is 16.8. The molecule has 1 saturated heterocycles. The summed E-state index contributed by atoms with van der Waals surface area (Å²) in [6, 6.07) is 16.1. The monoisotopic (exact) mass is 324 g/mol. The third-order valence-corrected chi connectivity index (χ3v) is 4.37. The van der Waals surface area contributed by atoms with Crippen LogP contribution in [0.1, 0.15) is 24.0 Å². The van der Waals surface area contributed by atoms with Gasteiger partial charge in [-0.25, -0.2) is 0 Å². The Morgan fingerprint density at radius 3 is 2.62 bits per heavy atom. The average Bonchev–Trinajstić information content (AvgIpc) is 3.15. The zero-order valence-electron chi connectivity index (χ0n) is 14.1. The van der Waals surface area contributed by atoms with Crippen LogP contribution < -0.4 is 15.0 Å². The van der Waals surface area contributed by atoms with Gasteiger partial charge < -0.3 is 15.0 Å². The Labute approximate surface area is 143 Å². The van der Waals surface area contributed by atoms with E-state index in [0.29, 0.717) is 13.0 Å². The maximum absolute atomic E-state index is 12.2. The highest BCUT2D eigenvalue weighted by molar-refractivity contribution is 5.78. The molecule has 0 radical (unpaired) electrons. The smallest absolute Gasteiger partial charge is 0.224 e. The number of ether oxygens (including phenoxy) is 1. The van der Waals surface area contributed by atoms with Crippen molar-refractivity contribution in [2.24, 2.45) is 0 Å². The fourth-order valence-corrected chi connectivity index (χ4v) is 3.07. The topological polar surface area (TPSA) is 41.6 Å². The Balaban J connectivity index is 1.55. The van der Waals surface area contributed by atoms with Crippen molar-refractivity contribution in [1.29, 1.82) is 0 Å². The number of nitrogens with one attached hydrogen (secondary N) is 1. The summed E-state index contributed by atoms with van der Waals surface area (Å²) in [6.45, 7) is 2.82. The summed E-state index contributed by atoms with van der Waals surface area (Å²) in [6.07, 6.45) is 2.89. The van der Waals surface area contributed by atoms with E-state index < -0.39 is 0 Å². The first-order valence-electron chi connectivity index (χ1n) is 8.48. The third kappa shape index (κ3) is 4.28. The van der Waals surface area contributed by atoms with Crippen molar-refractivity contribution < 1.29 is 9.53 Å². The van der Waals surface area contributed by atoms with Crippen molar-refractivity contribution in [2.75, 3.05) is 25.1 Å². The molecule has 24 heavy (non-hydrogen) atoms. The van der Waals surface area contributed by atoms with Crippen LogP contribution in [0.5, 0.6) is 5.75 Å². The lowest BCUT2D eigenvalue weighted by Crippen LogP contribution is -2.25. The number of benzene rings is 2. The summed E-state index contributed by atoms with van der Waals surface area (Å²) in [4.78, 5) is 14.6. The number of anilines is 1. The molecule has 1 aliphatic heterocycles. The Hall–Kier alpha value is -2.49. The molecular formula is C20H24N2O2. The van der Waals surface area contributed by atoms with Crippen LogP contribution in [0.4, 0.5) is 5.69 Å². The molecule has 1 fully saturated rings. The van der Waals surface area contributed by atoms with E-state index in [1.165, 1.54) is 18.5 Å². The van der Waals surface area contributed by atoms with Gasteiger partial charge in [0.25, 0.3) is 0 Å². The molecule has 0 aliphatic carbocycles. The molecule has 4 nitrogen and oxygen atoms in total. The number of hydrogen-bond donors (Lipinski definition) is 1. The van der Waals surface area contributed by atoms with Crippen molar-refractivity contribution in [2.45, 2.75) is 25.8 Å². The van der Waals surface area contributed by atoms with Crippen LogP contribution in [-0.4, -0.2) is 26.1 Å². The van der Waals surface area contributed by atoms with Gasteiger partial charge in [-0.1, -0.05) is 24.3 Å². The summed E-state index contributed by atoms with van der Waals surface area (Å²) in [7, 11) is 1.63. The lowest BCUT2D eigenvalue weighted by molar-refractivity contribution is -0.120. The molecule has 1 aliphatic rings. The van der Waals surface area contributed by atoms with E-state index in [1.54, 1.807) is 7.11 Å². The highest BCUT2D eigenvalue weighted by Gasteiger charge is 2.12. The first-order chi connectivity index (χ1) is 11.7. The number of carbonyl (C=O) groups is 1. The molecule has 1 amide bonds. The van der Waals surface area contributed by atoms with Gasteiger partial charge in [0.1, 0.15) is 5.75 Å². The minimum absolute atomic E-state index is 0.0230. The van der Waals surface area contributed by atoms with Crippen molar-refractivity contribution in [3.8, 4) is 5.75 Å². The first-order valence-corrected chi connectivity index (χ1v) is 8.48. The second-order valence-electron chi connectivity index (χ2n) is 6.17. The number of amides is 1. The van der Waals surface area contributed by atoms with Crippen LogP contribution in [0.2, 0.25) is 0 Å². The number of methoxy groups -OCH3 is 1. The predicted molar refractivity (Wildman–Crippen MR) is 96.4 cm³/mol. The number of rotatable bonds is 6. The Morgan fingerprint density at radius 1 is 1.08 bits per heavy atom. The maximum atomic E-state index is 12.2. The zero-order valence-corrected chi connectivity index (χ0v) is 14.1. The van der Waals surface area contributed by atoms with E-state index in [9.17, 15) is 4.79 Å². The molecule has 2 aromatic carbocycles. The molecule has 0 spiro atoms. The minimum Gasteiger partial charge on any atom is -0.497 e. The van der Waals surface area contributed by atoms with Crippen LogP contribution in [0.15, 0.2) is 48.5 Å². The average molecular weight is 324 g/mol. The Morgan fingerprint density at radius 2 is 1.83 bits per heavy atom. The van der Waals surface area contributed by atoms with Crippen molar-refractivity contribution in [3.63, 3.8) is 0 Å². The lowest BCUT2D eigenvalue weighted by Gasteiger charge is -2.18. The van der Waals surface area contributed by atoms with Gasteiger partial charge in [0.15, 0.2) is 0 Å². The van der Waals surface area contributed by atoms with Gasteiger partial charge in [-0.3, -0.25) is 4.79 Å². The molecule has 0 bridgehead atoms. The van der Waals surface area contributed by atoms with E-state index in [4.69, 9.17) is 4.74 Å². The Kier molecular flexibility index (Phi) is 5.36. The maximum Gasteiger partial charge on any atom is 0.224 e. The van der Waals surface area contributed by atoms with Crippen LogP contribution in [0.25, 0.3) is 0 Å². The second-order valence-corrected chi connectivity index (χ2v) is 6.17. The molecule has 2 aromatic rings. The van der Waals surface area contributed by atoms with Crippen LogP contribution in [0.3, 0.4) is 0 Å². The largest absolute Gasteiger partial charge is 0.497 e. The molecule has 0 aromatic heterocycles. The molecule has 0 atom stereocenters. The number of hydrogen-bond acceptors (Lipinski definition) is 3. The standard InChI is InChI=1S/C20H24N2O2/c1-24-19-9-5-6-16(13-19)14-20(23)21-15-17-7-4-8-18(12-17)22-10-2-3-11-22/h4-9,12-13H,2-3,10-11,14-15H2,1H3,(H,21,23). The summed E-state index contributed by atoms with van der Waals surface area (Å²) >= 11 is 0. The minimum atomic E-state index is 0.0230. The summed E-state index contributed by atoms with van der Waals surface area (Å²) in [5.41, 5.74) is 3.35. The summed E-state index contributed by atoms with van der Waals surface area (Å²) < 4.78 is 5.19. The fraction of sp³-hybridized carbons (Fsp3) is 0.350. The van der Waals surface area contributed by atoms with E-state index in [1.807, 2.05) is 24.3 Å². The Bertz CT molecular complexity index is 694. The predicted octanol–water partition coefficient (Wildman–Crippen LogP) is 3.15. The number of nitrogens with zero attached hydrogens (tertiary/aromatic N) is 1. The molecule has 1 heterocycles. The molecule has 4 heteroatoms. The molecular weight excluding hydrogens is 300 g/mol. The highest BCUT2D eigenvalue weighted by Crippen LogP contribution is 2.21. The quantitative estimate of drug-likeness (QED) is 0.887. The molecule has 0 saturated carbocycles. The second kappa shape index (κ2) is 7.86. The highest BCUT2D eigenvalue weighted by atomic mass is 16.5. The SMILES string of the molecule is COc1cccc(CC(=O)NCc2cccc(N3CCCC3)c2)c1. The van der Waals surface area contributed by atoms with Crippen molar-refractivity contribution in [1.82, 2.24) is 5.32 Å². The van der Waals surface area contributed by atoms with E-state index in [-0.39, 0.29) is 5.91 Å². The van der Waals surface area contributed by atoms with Crippen LogP contribution >= 0.6 is 0 Å². The molecule has 0 unspecified atom stereocenters. The van der Waals surface area contributed by atoms with E-state index >= 15 is 0 Å². The van der Waals surface area contributed by atoms with E-state index in [0.717, 1.165) is 30.0 Å². The van der Waals surface area contributed by atoms with Gasteiger partial charge in [0.05, 0.1) is 13.5 Å². The molecule has 126 valence electrons. The van der Waals surface area contributed by atoms with Gasteiger partial charge in [0, 0.05) is 25.3 Å². The van der Waals surface area contributed by atoms with Gasteiger partial charge in [0.2, 0.25) is 5.91 Å². The van der Waals surface area contributed by atoms with Gasteiger partial charge in [-0.15, -0.1) is 0 Å². The van der Waals surface area contributed by atoms with Crippen LogP contribution in [-0.2, 0) is 17.8 Å². The van der Waals surface area contributed by atoms with E-state index in [2.05, 4.69) is 34.5 Å².